The maximum atomic E-state index is 12.9. The Morgan fingerprint density at radius 2 is 1.68 bits per heavy atom. The number of carbonyl (C=O) groups is 1. The van der Waals surface area contributed by atoms with Gasteiger partial charge < -0.3 is 19.7 Å². The second kappa shape index (κ2) is 7.48. The van der Waals surface area contributed by atoms with Crippen LogP contribution in [0.3, 0.4) is 0 Å². The van der Waals surface area contributed by atoms with E-state index in [9.17, 15) is 4.79 Å². The van der Waals surface area contributed by atoms with Crippen LogP contribution in [-0.2, 0) is 9.47 Å². The highest BCUT2D eigenvalue weighted by Gasteiger charge is 2.41. The van der Waals surface area contributed by atoms with E-state index in [1.807, 2.05) is 4.90 Å². The van der Waals surface area contributed by atoms with E-state index in [1.54, 1.807) is 6.07 Å². The Balaban J connectivity index is 1.47. The van der Waals surface area contributed by atoms with Crippen LogP contribution < -0.4 is 5.32 Å². The van der Waals surface area contributed by atoms with Crippen molar-refractivity contribution < 1.29 is 14.3 Å². The summed E-state index contributed by atoms with van der Waals surface area (Å²) < 4.78 is 11.5. The Morgan fingerprint density at radius 3 is 2.32 bits per heavy atom. The summed E-state index contributed by atoms with van der Waals surface area (Å²) >= 11 is 0. The average molecular weight is 382 g/mol. The Morgan fingerprint density at radius 1 is 1.04 bits per heavy atom. The minimum atomic E-state index is -0.490. The predicted octanol–water partition coefficient (Wildman–Crippen LogP) is 3.12. The van der Waals surface area contributed by atoms with Crippen LogP contribution in [0.15, 0.2) is 24.5 Å². The molecule has 1 aromatic heterocycles. The SMILES string of the molecule is Cc1cc(C)c(Nc2cc(C(=O)N3CCC4(CC3)OCCO4)ncn2)c(C)c1. The number of aromatic nitrogens is 2. The Bertz CT molecular complexity index is 860. The van der Waals surface area contributed by atoms with E-state index in [1.165, 1.54) is 11.9 Å². The Hall–Kier alpha value is -2.51. The number of carbonyl (C=O) groups excluding carboxylic acids is 1. The number of aryl methyl sites for hydroxylation is 3. The molecule has 1 aromatic carbocycles. The normalized spacial score (nSPS) is 18.5. The molecular formula is C21H26N4O3. The zero-order chi connectivity index (χ0) is 19.7. The first-order chi connectivity index (χ1) is 13.5. The van der Waals surface area contributed by atoms with Crippen molar-refractivity contribution in [3.05, 3.63) is 46.9 Å². The van der Waals surface area contributed by atoms with Gasteiger partial charge in [-0.05, 0) is 31.9 Å². The molecule has 2 fully saturated rings. The molecule has 7 heteroatoms. The van der Waals surface area contributed by atoms with Gasteiger partial charge in [0.05, 0.1) is 13.2 Å². The lowest BCUT2D eigenvalue weighted by Crippen LogP contribution is -2.47. The topological polar surface area (TPSA) is 76.6 Å². The summed E-state index contributed by atoms with van der Waals surface area (Å²) in [7, 11) is 0. The second-order valence-corrected chi connectivity index (χ2v) is 7.59. The molecule has 28 heavy (non-hydrogen) atoms. The average Bonchev–Trinajstić information content (AvgIpc) is 3.13. The lowest BCUT2D eigenvalue weighted by molar-refractivity contribution is -0.181. The molecule has 0 radical (unpaired) electrons. The molecule has 4 rings (SSSR count). The minimum absolute atomic E-state index is 0.0874. The molecule has 2 aromatic rings. The molecule has 3 heterocycles. The maximum Gasteiger partial charge on any atom is 0.272 e. The maximum absolute atomic E-state index is 12.9. The van der Waals surface area contributed by atoms with Crippen molar-refractivity contribution in [2.75, 3.05) is 31.6 Å². The van der Waals surface area contributed by atoms with Gasteiger partial charge in [-0.15, -0.1) is 0 Å². The van der Waals surface area contributed by atoms with Gasteiger partial charge in [-0.3, -0.25) is 4.79 Å². The molecule has 148 valence electrons. The van der Waals surface area contributed by atoms with Crippen molar-refractivity contribution >= 4 is 17.4 Å². The van der Waals surface area contributed by atoms with Crippen LogP contribution in [0, 0.1) is 20.8 Å². The molecule has 0 aliphatic carbocycles. The summed E-state index contributed by atoms with van der Waals surface area (Å²) in [5, 5.41) is 3.34. The van der Waals surface area contributed by atoms with Gasteiger partial charge in [0.2, 0.25) is 0 Å². The van der Waals surface area contributed by atoms with E-state index in [0.717, 1.165) is 16.8 Å². The highest BCUT2D eigenvalue weighted by molar-refractivity contribution is 5.93. The fraction of sp³-hybridized carbons (Fsp3) is 0.476. The van der Waals surface area contributed by atoms with Gasteiger partial charge in [0, 0.05) is 37.7 Å². The van der Waals surface area contributed by atoms with Gasteiger partial charge in [-0.1, -0.05) is 17.7 Å². The molecule has 7 nitrogen and oxygen atoms in total. The van der Waals surface area contributed by atoms with Crippen molar-refractivity contribution in [2.24, 2.45) is 0 Å². The fourth-order valence-corrected chi connectivity index (χ4v) is 4.05. The quantitative estimate of drug-likeness (QED) is 0.879. The van der Waals surface area contributed by atoms with Crippen molar-refractivity contribution in [3.8, 4) is 0 Å². The first-order valence-electron chi connectivity index (χ1n) is 9.70. The molecule has 0 unspecified atom stereocenters. The predicted molar refractivity (Wildman–Crippen MR) is 106 cm³/mol. The summed E-state index contributed by atoms with van der Waals surface area (Å²) in [6.07, 6.45) is 2.82. The number of hydrogen-bond donors (Lipinski definition) is 1. The highest BCUT2D eigenvalue weighted by atomic mass is 16.7. The Labute approximate surface area is 165 Å². The number of anilines is 2. The third-order valence-corrected chi connectivity index (χ3v) is 5.44. The van der Waals surface area contributed by atoms with Crippen molar-refractivity contribution in [2.45, 2.75) is 39.4 Å². The van der Waals surface area contributed by atoms with E-state index >= 15 is 0 Å². The zero-order valence-electron chi connectivity index (χ0n) is 16.6. The number of hydrogen-bond acceptors (Lipinski definition) is 6. The Kier molecular flexibility index (Phi) is 5.03. The van der Waals surface area contributed by atoms with E-state index in [-0.39, 0.29) is 5.91 Å². The van der Waals surface area contributed by atoms with Gasteiger partial charge in [-0.2, -0.15) is 0 Å². The third kappa shape index (κ3) is 3.72. The first kappa shape index (κ1) is 18.8. The first-order valence-corrected chi connectivity index (χ1v) is 9.70. The minimum Gasteiger partial charge on any atom is -0.347 e. The summed E-state index contributed by atoms with van der Waals surface area (Å²) in [5.41, 5.74) is 4.91. The van der Waals surface area contributed by atoms with Gasteiger partial charge >= 0.3 is 0 Å². The van der Waals surface area contributed by atoms with Crippen LogP contribution in [0.4, 0.5) is 11.5 Å². The van der Waals surface area contributed by atoms with Gasteiger partial charge in [0.25, 0.3) is 5.91 Å². The van der Waals surface area contributed by atoms with Gasteiger partial charge in [0.1, 0.15) is 17.8 Å². The number of rotatable bonds is 3. The summed E-state index contributed by atoms with van der Waals surface area (Å²) in [6, 6.07) is 5.96. The van der Waals surface area contributed by atoms with Gasteiger partial charge in [0.15, 0.2) is 5.79 Å². The van der Waals surface area contributed by atoms with Crippen molar-refractivity contribution in [3.63, 3.8) is 0 Å². The lowest BCUT2D eigenvalue weighted by atomic mass is 10.0. The van der Waals surface area contributed by atoms with E-state index in [2.05, 4.69) is 48.2 Å². The molecule has 1 spiro atoms. The monoisotopic (exact) mass is 382 g/mol. The number of nitrogens with one attached hydrogen (secondary N) is 1. The molecule has 1 amide bonds. The molecular weight excluding hydrogens is 356 g/mol. The second-order valence-electron chi connectivity index (χ2n) is 7.59. The smallest absolute Gasteiger partial charge is 0.272 e. The molecule has 2 aliphatic heterocycles. The summed E-state index contributed by atoms with van der Waals surface area (Å²) in [5.74, 6) is 0.0374. The number of likely N-dealkylation sites (tertiary alicyclic amines) is 1. The third-order valence-electron chi connectivity index (χ3n) is 5.44. The van der Waals surface area contributed by atoms with Crippen LogP contribution >= 0.6 is 0 Å². The summed E-state index contributed by atoms with van der Waals surface area (Å²) in [6.45, 7) is 8.66. The highest BCUT2D eigenvalue weighted by Crippen LogP contribution is 2.32. The number of amides is 1. The molecule has 1 N–H and O–H groups in total. The van der Waals surface area contributed by atoms with Gasteiger partial charge in [-0.25, -0.2) is 9.97 Å². The molecule has 0 saturated carbocycles. The zero-order valence-corrected chi connectivity index (χ0v) is 16.6. The van der Waals surface area contributed by atoms with Crippen LogP contribution in [0.2, 0.25) is 0 Å². The van der Waals surface area contributed by atoms with Crippen molar-refractivity contribution in [1.82, 2.24) is 14.9 Å². The van der Waals surface area contributed by atoms with Crippen LogP contribution in [0.1, 0.15) is 40.0 Å². The molecule has 2 aliphatic rings. The lowest BCUT2D eigenvalue weighted by Gasteiger charge is -2.37. The van der Waals surface area contributed by atoms with Crippen LogP contribution in [0.25, 0.3) is 0 Å². The van der Waals surface area contributed by atoms with Crippen LogP contribution in [0.5, 0.6) is 0 Å². The van der Waals surface area contributed by atoms with E-state index in [0.29, 0.717) is 50.7 Å². The molecule has 2 saturated heterocycles. The number of nitrogens with zero attached hydrogens (tertiary/aromatic N) is 3. The standard InChI is InChI=1S/C21H26N4O3/c1-14-10-15(2)19(16(3)11-14)24-18-12-17(22-13-23-18)20(26)25-6-4-21(5-7-25)27-8-9-28-21/h10-13H,4-9H2,1-3H3,(H,22,23,24). The fourth-order valence-electron chi connectivity index (χ4n) is 4.05. The van der Waals surface area contributed by atoms with E-state index in [4.69, 9.17) is 9.47 Å². The number of piperidine rings is 1. The van der Waals surface area contributed by atoms with Crippen molar-refractivity contribution in [1.29, 1.82) is 0 Å². The largest absolute Gasteiger partial charge is 0.347 e. The number of benzene rings is 1. The number of ether oxygens (including phenoxy) is 2. The van der Waals surface area contributed by atoms with Crippen LogP contribution in [-0.4, -0.2) is 52.9 Å². The summed E-state index contributed by atoms with van der Waals surface area (Å²) in [4.78, 5) is 23.2. The molecule has 0 bridgehead atoms. The van der Waals surface area contributed by atoms with E-state index < -0.39 is 5.79 Å². The molecule has 0 atom stereocenters.